The maximum atomic E-state index is 13.2. The first-order chi connectivity index (χ1) is 8.61. The van der Waals surface area contributed by atoms with Crippen molar-refractivity contribution in [2.45, 2.75) is 0 Å². The van der Waals surface area contributed by atoms with E-state index >= 15 is 0 Å². The number of ketones is 1. The Morgan fingerprint density at radius 2 is 1.89 bits per heavy atom. The molecule has 0 saturated heterocycles. The van der Waals surface area contributed by atoms with Crippen LogP contribution in [-0.2, 0) is 0 Å². The summed E-state index contributed by atoms with van der Waals surface area (Å²) in [7, 11) is 0. The van der Waals surface area contributed by atoms with Gasteiger partial charge in [0.15, 0.2) is 5.78 Å². The van der Waals surface area contributed by atoms with E-state index in [1.165, 1.54) is 12.1 Å². The van der Waals surface area contributed by atoms with E-state index < -0.39 is 5.82 Å². The van der Waals surface area contributed by atoms with Gasteiger partial charge in [-0.05, 0) is 52.9 Å². The van der Waals surface area contributed by atoms with Gasteiger partial charge in [0.25, 0.3) is 0 Å². The Morgan fingerprint density at radius 3 is 2.56 bits per heavy atom. The molecule has 4 heteroatoms. The number of nitrogens with zero attached hydrogens (tertiary/aromatic N) is 1. The smallest absolute Gasteiger partial charge is 0.193 e. The summed E-state index contributed by atoms with van der Waals surface area (Å²) >= 11 is 2.11. The van der Waals surface area contributed by atoms with Crippen LogP contribution in [0.4, 0.5) is 4.39 Å². The van der Waals surface area contributed by atoms with Crippen LogP contribution in [0.5, 0.6) is 0 Å². The molecule has 0 fully saturated rings. The molecule has 18 heavy (non-hydrogen) atoms. The standard InChI is InChI=1S/C14H7FINO/c15-13-5-4-10(6-11(13)8-17)14(18)9-2-1-3-12(16)7-9/h1-7H. The Hall–Kier alpha value is -1.74. The highest BCUT2D eigenvalue weighted by Crippen LogP contribution is 2.16. The molecule has 0 bridgehead atoms. The molecule has 0 radical (unpaired) electrons. The van der Waals surface area contributed by atoms with E-state index in [2.05, 4.69) is 22.6 Å². The topological polar surface area (TPSA) is 40.9 Å². The van der Waals surface area contributed by atoms with Gasteiger partial charge >= 0.3 is 0 Å². The van der Waals surface area contributed by atoms with Crippen LogP contribution in [-0.4, -0.2) is 5.78 Å². The molecule has 0 N–H and O–H groups in total. The van der Waals surface area contributed by atoms with Crippen LogP contribution in [0.25, 0.3) is 0 Å². The zero-order valence-electron chi connectivity index (χ0n) is 9.15. The van der Waals surface area contributed by atoms with E-state index in [-0.39, 0.29) is 11.3 Å². The lowest BCUT2D eigenvalue weighted by molar-refractivity contribution is 0.103. The van der Waals surface area contributed by atoms with Crippen molar-refractivity contribution in [2.24, 2.45) is 0 Å². The molecule has 2 aromatic rings. The molecule has 2 aromatic carbocycles. The number of rotatable bonds is 2. The van der Waals surface area contributed by atoms with E-state index in [4.69, 9.17) is 5.26 Å². The maximum absolute atomic E-state index is 13.2. The van der Waals surface area contributed by atoms with Crippen molar-refractivity contribution >= 4 is 28.4 Å². The van der Waals surface area contributed by atoms with Gasteiger partial charge in [-0.2, -0.15) is 5.26 Å². The maximum Gasteiger partial charge on any atom is 0.193 e. The predicted octanol–water partition coefficient (Wildman–Crippen LogP) is 3.53. The average Bonchev–Trinajstić information content (AvgIpc) is 2.38. The number of carbonyl (C=O) groups is 1. The lowest BCUT2D eigenvalue weighted by Crippen LogP contribution is -2.02. The van der Waals surface area contributed by atoms with Gasteiger partial charge in [-0.3, -0.25) is 4.79 Å². The number of halogens is 2. The second kappa shape index (κ2) is 5.27. The highest BCUT2D eigenvalue weighted by atomic mass is 127. The molecule has 2 nitrogen and oxygen atoms in total. The quantitative estimate of drug-likeness (QED) is 0.614. The van der Waals surface area contributed by atoms with Crippen molar-refractivity contribution in [3.05, 3.63) is 68.5 Å². The van der Waals surface area contributed by atoms with Gasteiger partial charge in [0.05, 0.1) is 5.56 Å². The van der Waals surface area contributed by atoms with Gasteiger partial charge in [-0.1, -0.05) is 12.1 Å². The number of benzene rings is 2. The molecule has 0 unspecified atom stereocenters. The zero-order valence-corrected chi connectivity index (χ0v) is 11.3. The Labute approximate surface area is 117 Å². The normalized spacial score (nSPS) is 9.83. The van der Waals surface area contributed by atoms with Crippen LogP contribution in [0, 0.1) is 20.7 Å². The molecule has 0 saturated carbocycles. The fourth-order valence-electron chi connectivity index (χ4n) is 1.55. The summed E-state index contributed by atoms with van der Waals surface area (Å²) in [5, 5.41) is 8.74. The summed E-state index contributed by atoms with van der Waals surface area (Å²) in [5.74, 6) is -0.832. The molecule has 0 spiro atoms. The highest BCUT2D eigenvalue weighted by Gasteiger charge is 2.12. The SMILES string of the molecule is N#Cc1cc(C(=O)c2cccc(I)c2)ccc1F. The fourth-order valence-corrected chi connectivity index (χ4v) is 2.09. The molecule has 0 aliphatic rings. The highest BCUT2D eigenvalue weighted by molar-refractivity contribution is 14.1. The molecule has 88 valence electrons. The summed E-state index contributed by atoms with van der Waals surface area (Å²) in [6, 6.07) is 12.6. The molecule has 0 aliphatic heterocycles. The average molecular weight is 351 g/mol. The second-order valence-electron chi connectivity index (χ2n) is 3.65. The Balaban J connectivity index is 2.44. The molecule has 0 aromatic heterocycles. The van der Waals surface area contributed by atoms with Gasteiger partial charge < -0.3 is 0 Å². The number of carbonyl (C=O) groups excluding carboxylic acids is 1. The summed E-state index contributed by atoms with van der Waals surface area (Å²) in [6.07, 6.45) is 0. The summed E-state index contributed by atoms with van der Waals surface area (Å²) in [5.41, 5.74) is 0.721. The molecule has 0 atom stereocenters. The van der Waals surface area contributed by atoms with Gasteiger partial charge in [-0.25, -0.2) is 4.39 Å². The number of hydrogen-bond donors (Lipinski definition) is 0. The minimum atomic E-state index is -0.614. The van der Waals surface area contributed by atoms with E-state index in [1.54, 1.807) is 24.3 Å². The third-order valence-electron chi connectivity index (χ3n) is 2.44. The van der Waals surface area contributed by atoms with Crippen LogP contribution in [0.2, 0.25) is 0 Å². The summed E-state index contributed by atoms with van der Waals surface area (Å²) < 4.78 is 14.1. The van der Waals surface area contributed by atoms with Crippen LogP contribution >= 0.6 is 22.6 Å². The van der Waals surface area contributed by atoms with Crippen molar-refractivity contribution < 1.29 is 9.18 Å². The molecular formula is C14H7FINO. The summed E-state index contributed by atoms with van der Waals surface area (Å²) in [6.45, 7) is 0. The monoisotopic (exact) mass is 351 g/mol. The predicted molar refractivity (Wildman–Crippen MR) is 73.7 cm³/mol. The van der Waals surface area contributed by atoms with Gasteiger partial charge in [0.1, 0.15) is 11.9 Å². The van der Waals surface area contributed by atoms with E-state index in [0.29, 0.717) is 11.1 Å². The minimum Gasteiger partial charge on any atom is -0.289 e. The van der Waals surface area contributed by atoms with Crippen LogP contribution in [0.3, 0.4) is 0 Å². The van der Waals surface area contributed by atoms with E-state index in [0.717, 1.165) is 9.64 Å². The molecule has 0 amide bonds. The zero-order chi connectivity index (χ0) is 13.1. The van der Waals surface area contributed by atoms with Crippen molar-refractivity contribution in [3.63, 3.8) is 0 Å². The minimum absolute atomic E-state index is 0.119. The molecule has 2 rings (SSSR count). The first kappa shape index (κ1) is 12.7. The van der Waals surface area contributed by atoms with Crippen molar-refractivity contribution in [1.29, 1.82) is 5.26 Å². The third-order valence-corrected chi connectivity index (χ3v) is 3.11. The molecule has 0 heterocycles. The van der Waals surface area contributed by atoms with Gasteiger partial charge in [0, 0.05) is 14.7 Å². The number of hydrogen-bond acceptors (Lipinski definition) is 2. The number of nitriles is 1. The van der Waals surface area contributed by atoms with E-state index in [1.807, 2.05) is 6.07 Å². The fraction of sp³-hybridized carbons (Fsp3) is 0. The van der Waals surface area contributed by atoms with Crippen molar-refractivity contribution in [2.75, 3.05) is 0 Å². The van der Waals surface area contributed by atoms with Crippen LogP contribution in [0.15, 0.2) is 42.5 Å². The summed E-state index contributed by atoms with van der Waals surface area (Å²) in [4.78, 5) is 12.1. The first-order valence-electron chi connectivity index (χ1n) is 5.12. The lowest BCUT2D eigenvalue weighted by Gasteiger charge is -2.03. The van der Waals surface area contributed by atoms with Crippen LogP contribution in [0.1, 0.15) is 21.5 Å². The van der Waals surface area contributed by atoms with Crippen LogP contribution < -0.4 is 0 Å². The largest absolute Gasteiger partial charge is 0.289 e. The Bertz CT molecular complexity index is 661. The Kier molecular flexibility index (Phi) is 3.72. The van der Waals surface area contributed by atoms with E-state index in [9.17, 15) is 9.18 Å². The Morgan fingerprint density at radius 1 is 1.17 bits per heavy atom. The van der Waals surface area contributed by atoms with Crippen molar-refractivity contribution in [1.82, 2.24) is 0 Å². The second-order valence-corrected chi connectivity index (χ2v) is 4.89. The lowest BCUT2D eigenvalue weighted by atomic mass is 10.0. The molecular weight excluding hydrogens is 344 g/mol. The van der Waals surface area contributed by atoms with Crippen molar-refractivity contribution in [3.8, 4) is 6.07 Å². The third kappa shape index (κ3) is 2.57. The first-order valence-corrected chi connectivity index (χ1v) is 6.19. The van der Waals surface area contributed by atoms with Gasteiger partial charge in [-0.15, -0.1) is 0 Å². The molecule has 0 aliphatic carbocycles. The van der Waals surface area contributed by atoms with Gasteiger partial charge in [0.2, 0.25) is 0 Å².